The summed E-state index contributed by atoms with van der Waals surface area (Å²) in [5.74, 6) is 0.313. The number of aryl methyl sites for hydroxylation is 1. The van der Waals surface area contributed by atoms with Crippen LogP contribution in [0, 0.1) is 5.92 Å². The Morgan fingerprint density at radius 3 is 2.60 bits per heavy atom. The van der Waals surface area contributed by atoms with Gasteiger partial charge in [-0.1, -0.05) is 18.2 Å². The Bertz CT molecular complexity index is 1310. The highest BCUT2D eigenvalue weighted by Gasteiger charge is 2.30. The average Bonchev–Trinajstić information content (AvgIpc) is 3.12. The van der Waals surface area contributed by atoms with E-state index in [9.17, 15) is 9.59 Å². The molecule has 0 atom stereocenters. The number of amides is 1. The maximum absolute atomic E-state index is 13.5. The Hall–Kier alpha value is -4.21. The fraction of sp³-hybridized carbons (Fsp3) is 0.433. The lowest BCUT2D eigenvalue weighted by Gasteiger charge is -2.28. The summed E-state index contributed by atoms with van der Waals surface area (Å²) in [6.45, 7) is 1.32. The highest BCUT2D eigenvalue weighted by molar-refractivity contribution is 6.10. The largest absolute Gasteiger partial charge is 0.481 e. The number of aliphatic carboxylic acids is 1. The molecule has 10 nitrogen and oxygen atoms in total. The van der Waals surface area contributed by atoms with E-state index >= 15 is 0 Å². The lowest BCUT2D eigenvalue weighted by atomic mass is 9.77. The van der Waals surface area contributed by atoms with Crippen LogP contribution in [0.1, 0.15) is 72.5 Å². The Morgan fingerprint density at radius 1 is 1.07 bits per heavy atom. The van der Waals surface area contributed by atoms with E-state index in [1.54, 1.807) is 11.1 Å². The number of carbonyl (C=O) groups is 2. The number of hydrogen-bond acceptors (Lipinski definition) is 8. The number of nitrogens with one attached hydrogen (secondary N) is 1. The van der Waals surface area contributed by atoms with Crippen LogP contribution in [-0.4, -0.2) is 51.6 Å². The van der Waals surface area contributed by atoms with E-state index in [1.165, 1.54) is 5.56 Å². The molecule has 1 aromatic carbocycles. The van der Waals surface area contributed by atoms with Crippen LogP contribution < -0.4 is 20.7 Å². The standard InChI is InChI=1S/C30H36N6O4/c31-27-26-28(35-30(34-27)33-16-4-2-6-23-5-1-3-15-32-23)40-18-17-36(29(26)39)24-13-11-22(12-14-24)21-9-7-20(8-10-21)19-25(37)38/h1,3,5,11-15,20-21H,2,4,6-10,16-19H2,(H,37,38)(H3,31,33,34,35). The van der Waals surface area contributed by atoms with Gasteiger partial charge in [0, 0.05) is 30.5 Å². The van der Waals surface area contributed by atoms with Crippen molar-refractivity contribution in [1.82, 2.24) is 15.0 Å². The number of carbonyl (C=O) groups excluding carboxylic acids is 1. The lowest BCUT2D eigenvalue weighted by Crippen LogP contribution is -2.32. The summed E-state index contributed by atoms with van der Waals surface area (Å²) in [7, 11) is 0. The van der Waals surface area contributed by atoms with E-state index in [-0.39, 0.29) is 42.1 Å². The van der Waals surface area contributed by atoms with Gasteiger partial charge in [-0.15, -0.1) is 0 Å². The Balaban J connectivity index is 1.19. The summed E-state index contributed by atoms with van der Waals surface area (Å²) >= 11 is 0. The molecule has 40 heavy (non-hydrogen) atoms. The SMILES string of the molecule is Nc1nc(NCCCCc2ccccn2)nc2c1C(=O)N(c1ccc(C3CCC(CC(=O)O)CC3)cc1)CCO2. The number of pyridine rings is 1. The minimum atomic E-state index is -0.716. The number of benzene rings is 1. The number of rotatable bonds is 10. The minimum Gasteiger partial charge on any atom is -0.481 e. The third-order valence-electron chi connectivity index (χ3n) is 7.77. The van der Waals surface area contributed by atoms with Crippen molar-refractivity contribution in [2.45, 2.75) is 57.3 Å². The lowest BCUT2D eigenvalue weighted by molar-refractivity contribution is -0.138. The number of carboxylic acid groups (broad SMARTS) is 1. The van der Waals surface area contributed by atoms with Gasteiger partial charge in [0.2, 0.25) is 11.8 Å². The van der Waals surface area contributed by atoms with E-state index in [1.807, 2.05) is 30.3 Å². The first-order valence-corrected chi connectivity index (χ1v) is 14.1. The highest BCUT2D eigenvalue weighted by Crippen LogP contribution is 2.38. The molecule has 1 saturated carbocycles. The van der Waals surface area contributed by atoms with Gasteiger partial charge in [0.1, 0.15) is 18.0 Å². The molecule has 0 radical (unpaired) electrons. The predicted octanol–water partition coefficient (Wildman–Crippen LogP) is 4.68. The summed E-state index contributed by atoms with van der Waals surface area (Å²) in [4.78, 5) is 39.3. The van der Waals surface area contributed by atoms with Crippen molar-refractivity contribution in [3.05, 3.63) is 65.5 Å². The van der Waals surface area contributed by atoms with Crippen LogP contribution >= 0.6 is 0 Å². The number of fused-ring (bicyclic) bond motifs is 1. The first kappa shape index (κ1) is 27.4. The monoisotopic (exact) mass is 544 g/mol. The summed E-state index contributed by atoms with van der Waals surface area (Å²) in [6, 6.07) is 14.0. The van der Waals surface area contributed by atoms with Crippen molar-refractivity contribution in [3.8, 4) is 5.88 Å². The Morgan fingerprint density at radius 2 is 1.88 bits per heavy atom. The van der Waals surface area contributed by atoms with Crippen molar-refractivity contribution in [2.75, 3.05) is 35.6 Å². The average molecular weight is 545 g/mol. The molecule has 0 bridgehead atoms. The van der Waals surface area contributed by atoms with Gasteiger partial charge in [-0.2, -0.15) is 9.97 Å². The maximum atomic E-state index is 13.5. The number of anilines is 3. The molecule has 2 aliphatic rings. The summed E-state index contributed by atoms with van der Waals surface area (Å²) in [5.41, 5.74) is 9.48. The normalized spacial score (nSPS) is 18.9. The number of nitrogens with two attached hydrogens (primary N) is 1. The van der Waals surface area contributed by atoms with E-state index < -0.39 is 5.97 Å². The summed E-state index contributed by atoms with van der Waals surface area (Å²) in [6.07, 6.45) is 8.66. The third kappa shape index (κ3) is 6.67. The number of unbranched alkanes of at least 4 members (excludes halogenated alkanes) is 1. The Labute approximate surface area is 234 Å². The predicted molar refractivity (Wildman–Crippen MR) is 153 cm³/mol. The molecule has 5 rings (SSSR count). The van der Waals surface area contributed by atoms with Gasteiger partial charge in [-0.25, -0.2) is 0 Å². The first-order valence-electron chi connectivity index (χ1n) is 14.1. The van der Waals surface area contributed by atoms with Gasteiger partial charge in [0.05, 0.1) is 6.54 Å². The molecule has 4 N–H and O–H groups in total. The van der Waals surface area contributed by atoms with Crippen LogP contribution in [0.2, 0.25) is 0 Å². The van der Waals surface area contributed by atoms with E-state index in [2.05, 4.69) is 32.4 Å². The number of ether oxygens (including phenoxy) is 1. The van der Waals surface area contributed by atoms with Crippen molar-refractivity contribution in [2.24, 2.45) is 5.92 Å². The number of carboxylic acids is 1. The van der Waals surface area contributed by atoms with Crippen LogP contribution in [0.3, 0.4) is 0 Å². The van der Waals surface area contributed by atoms with Crippen molar-refractivity contribution in [3.63, 3.8) is 0 Å². The molecule has 2 aromatic heterocycles. The molecule has 0 saturated heterocycles. The third-order valence-corrected chi connectivity index (χ3v) is 7.77. The summed E-state index contributed by atoms with van der Waals surface area (Å²) in [5, 5.41) is 12.3. The van der Waals surface area contributed by atoms with Gasteiger partial charge in [-0.05, 0) is 86.6 Å². The van der Waals surface area contributed by atoms with Crippen LogP contribution in [0.25, 0.3) is 0 Å². The first-order chi connectivity index (χ1) is 19.5. The molecule has 1 amide bonds. The fourth-order valence-electron chi connectivity index (χ4n) is 5.61. The molecular weight excluding hydrogens is 508 g/mol. The molecular formula is C30H36N6O4. The van der Waals surface area contributed by atoms with Gasteiger partial charge < -0.3 is 25.8 Å². The second-order valence-electron chi connectivity index (χ2n) is 10.5. The smallest absolute Gasteiger partial charge is 0.303 e. The van der Waals surface area contributed by atoms with Crippen molar-refractivity contribution < 1.29 is 19.4 Å². The minimum absolute atomic E-state index is 0.0904. The number of aromatic nitrogens is 3. The highest BCUT2D eigenvalue weighted by atomic mass is 16.5. The Kier molecular flexibility index (Phi) is 8.73. The van der Waals surface area contributed by atoms with Crippen LogP contribution in [0.5, 0.6) is 5.88 Å². The zero-order valence-electron chi connectivity index (χ0n) is 22.6. The van der Waals surface area contributed by atoms with Crippen molar-refractivity contribution in [1.29, 1.82) is 0 Å². The molecule has 1 fully saturated rings. The van der Waals surface area contributed by atoms with Gasteiger partial charge in [0.15, 0.2) is 0 Å². The summed E-state index contributed by atoms with van der Waals surface area (Å²) < 4.78 is 5.85. The van der Waals surface area contributed by atoms with Crippen molar-refractivity contribution >= 4 is 29.3 Å². The van der Waals surface area contributed by atoms with E-state index in [4.69, 9.17) is 15.6 Å². The molecule has 1 aliphatic heterocycles. The zero-order valence-corrected chi connectivity index (χ0v) is 22.6. The van der Waals surface area contributed by atoms with Gasteiger partial charge in [0.25, 0.3) is 5.91 Å². The molecule has 0 unspecified atom stereocenters. The zero-order chi connectivity index (χ0) is 27.9. The molecule has 10 heteroatoms. The molecule has 3 heterocycles. The number of nitrogens with zero attached hydrogens (tertiary/aromatic N) is 4. The number of hydrogen-bond donors (Lipinski definition) is 3. The van der Waals surface area contributed by atoms with Crippen LogP contribution in [0.4, 0.5) is 17.5 Å². The number of nitrogen functional groups attached to an aromatic ring is 1. The molecule has 0 spiro atoms. The quantitative estimate of drug-likeness (QED) is 0.310. The van der Waals surface area contributed by atoms with E-state index in [0.717, 1.165) is 56.3 Å². The van der Waals surface area contributed by atoms with Crippen LogP contribution in [-0.2, 0) is 11.2 Å². The van der Waals surface area contributed by atoms with Crippen LogP contribution in [0.15, 0.2) is 48.7 Å². The second-order valence-corrected chi connectivity index (χ2v) is 10.5. The molecule has 210 valence electrons. The second kappa shape index (κ2) is 12.8. The maximum Gasteiger partial charge on any atom is 0.303 e. The van der Waals surface area contributed by atoms with Gasteiger partial charge in [-0.3, -0.25) is 14.6 Å². The molecule has 1 aliphatic carbocycles. The molecule has 3 aromatic rings. The van der Waals surface area contributed by atoms with E-state index in [0.29, 0.717) is 25.0 Å². The topological polar surface area (TPSA) is 144 Å². The fourth-order valence-corrected chi connectivity index (χ4v) is 5.61. The van der Waals surface area contributed by atoms with Gasteiger partial charge >= 0.3 is 5.97 Å².